The zero-order valence-electron chi connectivity index (χ0n) is 11.6. The molecule has 2 aromatic carbocycles. The molecular formula is C16H17N3S. The van der Waals surface area contributed by atoms with E-state index in [-0.39, 0.29) is 0 Å². The first kappa shape index (κ1) is 13.1. The molecule has 0 bridgehead atoms. The fourth-order valence-electron chi connectivity index (χ4n) is 2.46. The lowest BCUT2D eigenvalue weighted by Crippen LogP contribution is -2.40. The third-order valence-corrected chi connectivity index (χ3v) is 4.31. The number of fused-ring (bicyclic) bond motifs is 1. The number of nitrogens with one attached hydrogen (secondary N) is 2. The Bertz CT molecular complexity index is 667. The molecule has 0 aliphatic carbocycles. The average molecular weight is 283 g/mol. The summed E-state index contributed by atoms with van der Waals surface area (Å²) in [6.45, 7) is 2.71. The molecule has 1 aliphatic heterocycles. The van der Waals surface area contributed by atoms with Crippen LogP contribution in [0.5, 0.6) is 0 Å². The zero-order chi connectivity index (χ0) is 14.1. The summed E-state index contributed by atoms with van der Waals surface area (Å²) in [5.74, 6) is 0.559. The van der Waals surface area contributed by atoms with Gasteiger partial charge in [-0.2, -0.15) is 0 Å². The Hall–Kier alpha value is -1.94. The molecule has 1 heterocycles. The van der Waals surface area contributed by atoms with E-state index in [0.29, 0.717) is 12.5 Å². The van der Waals surface area contributed by atoms with E-state index in [1.807, 2.05) is 17.0 Å². The summed E-state index contributed by atoms with van der Waals surface area (Å²) in [6, 6.07) is 14.4. The van der Waals surface area contributed by atoms with Crippen LogP contribution in [0.3, 0.4) is 0 Å². The summed E-state index contributed by atoms with van der Waals surface area (Å²) in [5, 5.41) is 11.9. The van der Waals surface area contributed by atoms with Gasteiger partial charge in [0.1, 0.15) is 5.84 Å². The highest BCUT2D eigenvalue weighted by molar-refractivity contribution is 7.98. The predicted octanol–water partition coefficient (Wildman–Crippen LogP) is 3.93. The van der Waals surface area contributed by atoms with E-state index in [1.165, 1.54) is 10.5 Å². The Morgan fingerprint density at radius 1 is 1.20 bits per heavy atom. The van der Waals surface area contributed by atoms with Crippen molar-refractivity contribution in [3.05, 3.63) is 53.6 Å². The Balaban J connectivity index is 2.02. The summed E-state index contributed by atoms with van der Waals surface area (Å²) in [5.41, 5.74) is 4.28. The molecule has 102 valence electrons. The van der Waals surface area contributed by atoms with Gasteiger partial charge in [-0.05, 0) is 43.0 Å². The van der Waals surface area contributed by atoms with Crippen molar-refractivity contribution >= 4 is 29.0 Å². The number of thioether (sulfide) groups is 1. The molecule has 1 aliphatic rings. The van der Waals surface area contributed by atoms with Crippen LogP contribution in [0.1, 0.15) is 11.1 Å². The van der Waals surface area contributed by atoms with Crippen molar-refractivity contribution in [1.29, 1.82) is 5.41 Å². The molecule has 3 nitrogen and oxygen atoms in total. The number of anilines is 2. The van der Waals surface area contributed by atoms with Crippen LogP contribution in [0.4, 0.5) is 11.4 Å². The average Bonchev–Trinajstić information content (AvgIpc) is 2.48. The number of amidine groups is 1. The van der Waals surface area contributed by atoms with Crippen LogP contribution in [0.25, 0.3) is 0 Å². The number of nitrogens with zero attached hydrogens (tertiary/aromatic N) is 1. The normalized spacial score (nSPS) is 13.9. The van der Waals surface area contributed by atoms with E-state index in [9.17, 15) is 0 Å². The Labute approximate surface area is 123 Å². The minimum Gasteiger partial charge on any atom is -0.367 e. The molecule has 0 amide bonds. The monoisotopic (exact) mass is 283 g/mol. The van der Waals surface area contributed by atoms with Crippen molar-refractivity contribution < 1.29 is 0 Å². The van der Waals surface area contributed by atoms with Crippen LogP contribution < -0.4 is 10.2 Å². The van der Waals surface area contributed by atoms with Crippen molar-refractivity contribution in [2.24, 2.45) is 0 Å². The molecule has 3 rings (SSSR count). The van der Waals surface area contributed by atoms with Crippen LogP contribution >= 0.6 is 11.8 Å². The van der Waals surface area contributed by atoms with Crippen molar-refractivity contribution in [1.82, 2.24) is 0 Å². The highest BCUT2D eigenvalue weighted by atomic mass is 32.2. The van der Waals surface area contributed by atoms with Crippen LogP contribution in [0, 0.1) is 12.3 Å². The van der Waals surface area contributed by atoms with Crippen molar-refractivity contribution in [2.75, 3.05) is 23.1 Å². The molecule has 2 aromatic rings. The van der Waals surface area contributed by atoms with E-state index >= 15 is 0 Å². The topological polar surface area (TPSA) is 39.1 Å². The molecule has 0 atom stereocenters. The molecule has 0 spiro atoms. The van der Waals surface area contributed by atoms with Crippen LogP contribution in [0.2, 0.25) is 0 Å². The first-order chi connectivity index (χ1) is 9.70. The molecule has 20 heavy (non-hydrogen) atoms. The standard InChI is InChI=1S/C16H17N3S/c1-11-5-3-4-6-15(11)19-10-18-14-8-7-12(20-2)9-13(14)16(19)17/h3-9,17-18H,10H2,1-2H3. The minimum atomic E-state index is 0.559. The van der Waals surface area contributed by atoms with E-state index in [4.69, 9.17) is 5.41 Å². The fourth-order valence-corrected chi connectivity index (χ4v) is 2.90. The van der Waals surface area contributed by atoms with Gasteiger partial charge < -0.3 is 10.2 Å². The fraction of sp³-hybridized carbons (Fsp3) is 0.188. The summed E-state index contributed by atoms with van der Waals surface area (Å²) in [6.07, 6.45) is 2.06. The maximum atomic E-state index is 8.51. The van der Waals surface area contributed by atoms with Crippen molar-refractivity contribution in [3.8, 4) is 0 Å². The summed E-state index contributed by atoms with van der Waals surface area (Å²) < 4.78 is 0. The lowest BCUT2D eigenvalue weighted by molar-refractivity contribution is 1.02. The van der Waals surface area contributed by atoms with Gasteiger partial charge in [0.05, 0.1) is 6.67 Å². The van der Waals surface area contributed by atoms with E-state index < -0.39 is 0 Å². The van der Waals surface area contributed by atoms with Gasteiger partial charge in [0, 0.05) is 21.8 Å². The number of para-hydroxylation sites is 1. The van der Waals surface area contributed by atoms with Gasteiger partial charge in [-0.1, -0.05) is 18.2 Å². The third-order valence-electron chi connectivity index (χ3n) is 3.59. The molecule has 0 aromatic heterocycles. The number of benzene rings is 2. The van der Waals surface area contributed by atoms with Crippen LogP contribution in [0.15, 0.2) is 47.4 Å². The second-order valence-electron chi connectivity index (χ2n) is 4.81. The quantitative estimate of drug-likeness (QED) is 0.820. The molecule has 0 saturated heterocycles. The first-order valence-electron chi connectivity index (χ1n) is 6.54. The summed E-state index contributed by atoms with van der Waals surface area (Å²) in [7, 11) is 0. The predicted molar refractivity (Wildman–Crippen MR) is 87.2 cm³/mol. The maximum Gasteiger partial charge on any atom is 0.136 e. The smallest absolute Gasteiger partial charge is 0.136 e. The second kappa shape index (κ2) is 5.21. The number of hydrogen-bond donors (Lipinski definition) is 2. The third kappa shape index (κ3) is 2.16. The van der Waals surface area contributed by atoms with Gasteiger partial charge in [0.25, 0.3) is 0 Å². The highest BCUT2D eigenvalue weighted by Gasteiger charge is 2.23. The SMILES string of the molecule is CSc1ccc2c(c1)C(=N)N(c1ccccc1C)CN2. The van der Waals surface area contributed by atoms with Gasteiger partial charge >= 0.3 is 0 Å². The van der Waals surface area contributed by atoms with E-state index in [2.05, 4.69) is 48.8 Å². The van der Waals surface area contributed by atoms with Gasteiger partial charge in [-0.25, -0.2) is 0 Å². The molecular weight excluding hydrogens is 266 g/mol. The number of hydrogen-bond acceptors (Lipinski definition) is 3. The first-order valence-corrected chi connectivity index (χ1v) is 7.77. The number of aryl methyl sites for hydroxylation is 1. The summed E-state index contributed by atoms with van der Waals surface area (Å²) in [4.78, 5) is 3.20. The van der Waals surface area contributed by atoms with Gasteiger partial charge in [-0.3, -0.25) is 5.41 Å². The van der Waals surface area contributed by atoms with Crippen LogP contribution in [-0.4, -0.2) is 18.8 Å². The highest BCUT2D eigenvalue weighted by Crippen LogP contribution is 2.30. The molecule has 0 saturated carbocycles. The molecule has 0 fully saturated rings. The number of rotatable bonds is 2. The Morgan fingerprint density at radius 3 is 2.75 bits per heavy atom. The lowest BCUT2D eigenvalue weighted by atomic mass is 10.1. The summed E-state index contributed by atoms with van der Waals surface area (Å²) >= 11 is 1.70. The molecule has 2 N–H and O–H groups in total. The van der Waals surface area contributed by atoms with Crippen molar-refractivity contribution in [3.63, 3.8) is 0 Å². The molecule has 0 unspecified atom stereocenters. The second-order valence-corrected chi connectivity index (χ2v) is 5.69. The minimum absolute atomic E-state index is 0.559. The van der Waals surface area contributed by atoms with Gasteiger partial charge in [0.2, 0.25) is 0 Å². The largest absolute Gasteiger partial charge is 0.367 e. The molecule has 4 heteroatoms. The van der Waals surface area contributed by atoms with E-state index in [0.717, 1.165) is 16.9 Å². The maximum absolute atomic E-state index is 8.51. The Morgan fingerprint density at radius 2 is 2.00 bits per heavy atom. The van der Waals surface area contributed by atoms with Crippen molar-refractivity contribution in [2.45, 2.75) is 11.8 Å². The van der Waals surface area contributed by atoms with Crippen LogP contribution in [-0.2, 0) is 0 Å². The molecule has 0 radical (unpaired) electrons. The zero-order valence-corrected chi connectivity index (χ0v) is 12.4. The lowest BCUT2D eigenvalue weighted by Gasteiger charge is -2.33. The van der Waals surface area contributed by atoms with E-state index in [1.54, 1.807) is 11.8 Å². The Kier molecular flexibility index (Phi) is 3.40. The van der Waals surface area contributed by atoms with Gasteiger partial charge in [0.15, 0.2) is 0 Å². The van der Waals surface area contributed by atoms with Gasteiger partial charge in [-0.15, -0.1) is 11.8 Å².